The molecule has 0 radical (unpaired) electrons. The summed E-state index contributed by atoms with van der Waals surface area (Å²) in [6, 6.07) is 0. The average molecular weight is 365 g/mol. The van der Waals surface area contributed by atoms with E-state index in [9.17, 15) is 15.0 Å². The van der Waals surface area contributed by atoms with E-state index >= 15 is 0 Å². The second-order valence-electron chi connectivity index (χ2n) is 8.57. The van der Waals surface area contributed by atoms with Crippen LogP contribution in [0.5, 0.6) is 0 Å². The topological polar surface area (TPSA) is 77.8 Å². The van der Waals surface area contributed by atoms with E-state index in [1.165, 1.54) is 5.57 Å². The first-order valence-electron chi connectivity index (χ1n) is 10.3. The third-order valence-corrected chi connectivity index (χ3v) is 6.07. The molecule has 0 saturated heterocycles. The Labute approximate surface area is 158 Å². The van der Waals surface area contributed by atoms with Gasteiger partial charge in [0.25, 0.3) is 0 Å². The highest BCUT2D eigenvalue weighted by Crippen LogP contribution is 2.48. The van der Waals surface area contributed by atoms with Crippen molar-refractivity contribution in [2.24, 2.45) is 17.8 Å². The molecule has 4 nitrogen and oxygen atoms in total. The average Bonchev–Trinajstić information content (AvgIpc) is 3.07. The summed E-state index contributed by atoms with van der Waals surface area (Å²) >= 11 is 0. The Hall–Kier alpha value is -1.13. The molecule has 0 unspecified atom stereocenters. The number of hydrogen-bond donors (Lipinski definition) is 3. The van der Waals surface area contributed by atoms with Gasteiger partial charge in [0.05, 0.1) is 11.7 Å². The van der Waals surface area contributed by atoms with E-state index in [2.05, 4.69) is 25.2 Å². The smallest absolute Gasteiger partial charge is 0.303 e. The van der Waals surface area contributed by atoms with Crippen molar-refractivity contribution >= 4 is 5.97 Å². The molecule has 1 saturated carbocycles. The molecule has 0 bridgehead atoms. The maximum Gasteiger partial charge on any atom is 0.303 e. The van der Waals surface area contributed by atoms with Crippen LogP contribution in [0, 0.1) is 17.8 Å². The highest BCUT2D eigenvalue weighted by atomic mass is 16.4. The van der Waals surface area contributed by atoms with Gasteiger partial charge in [-0.05, 0) is 63.7 Å². The van der Waals surface area contributed by atoms with Crippen LogP contribution in [-0.2, 0) is 4.79 Å². The monoisotopic (exact) mass is 364 g/mol. The number of unbranched alkanes of at least 4 members (excludes halogenated alkanes) is 2. The molecule has 1 fully saturated rings. The van der Waals surface area contributed by atoms with Crippen molar-refractivity contribution in [2.75, 3.05) is 0 Å². The molecule has 0 amide bonds. The highest BCUT2D eigenvalue weighted by molar-refractivity contribution is 5.66. The molecule has 2 aliphatic rings. The lowest BCUT2D eigenvalue weighted by Gasteiger charge is -2.22. The van der Waals surface area contributed by atoms with Crippen molar-refractivity contribution < 1.29 is 20.1 Å². The summed E-state index contributed by atoms with van der Waals surface area (Å²) in [4.78, 5) is 10.6. The SMILES string of the molecule is CCCC[C@](C)(O)C/C=C/[C@@H]1[C@H]2CC(CCCCC(=O)O)=C[C@H]2C[C@H]1O. The Morgan fingerprint density at radius 1 is 1.35 bits per heavy atom. The number of allylic oxidation sites excluding steroid dienone is 2. The number of aliphatic carboxylic acids is 1. The standard InChI is InChI=1S/C22H36O4/c1-3-4-11-22(2,26)12-7-9-18-19-14-16(8-5-6-10-21(24)25)13-17(19)15-20(18)23/h7,9,13,17-20,23,26H,3-6,8,10-12,14-15H2,1-2H3,(H,24,25)/b9-7+/t17-,18+,19-,20+,22-/m0/s1. The van der Waals surface area contributed by atoms with Crippen molar-refractivity contribution in [1.82, 2.24) is 0 Å². The fourth-order valence-electron chi connectivity index (χ4n) is 4.56. The van der Waals surface area contributed by atoms with Crippen molar-refractivity contribution in [2.45, 2.75) is 89.8 Å². The molecular formula is C22H36O4. The normalized spacial score (nSPS) is 30.4. The van der Waals surface area contributed by atoms with Gasteiger partial charge in [-0.2, -0.15) is 0 Å². The van der Waals surface area contributed by atoms with Crippen molar-refractivity contribution in [1.29, 1.82) is 0 Å². The maximum absolute atomic E-state index is 10.6. The highest BCUT2D eigenvalue weighted by Gasteiger charge is 2.43. The molecule has 0 aromatic carbocycles. The van der Waals surface area contributed by atoms with E-state index < -0.39 is 11.6 Å². The lowest BCUT2D eigenvalue weighted by Crippen LogP contribution is -2.23. The number of hydrogen-bond acceptors (Lipinski definition) is 3. The van der Waals surface area contributed by atoms with Gasteiger partial charge in [0.1, 0.15) is 0 Å². The van der Waals surface area contributed by atoms with Gasteiger partial charge in [-0.25, -0.2) is 0 Å². The Morgan fingerprint density at radius 2 is 2.12 bits per heavy atom. The van der Waals surface area contributed by atoms with E-state index in [0.717, 1.165) is 51.4 Å². The summed E-state index contributed by atoms with van der Waals surface area (Å²) in [5, 5.41) is 29.5. The summed E-state index contributed by atoms with van der Waals surface area (Å²) in [5.41, 5.74) is 0.782. The second kappa shape index (κ2) is 9.70. The fraction of sp³-hybridized carbons (Fsp3) is 0.773. The maximum atomic E-state index is 10.6. The van der Waals surface area contributed by atoms with Gasteiger partial charge in [0.15, 0.2) is 0 Å². The van der Waals surface area contributed by atoms with Crippen LogP contribution >= 0.6 is 0 Å². The summed E-state index contributed by atoms with van der Waals surface area (Å²) in [6.45, 7) is 4.03. The molecule has 0 aromatic heterocycles. The zero-order valence-electron chi connectivity index (χ0n) is 16.4. The second-order valence-corrected chi connectivity index (χ2v) is 8.57. The van der Waals surface area contributed by atoms with Crippen LogP contribution < -0.4 is 0 Å². The number of carboxylic acids is 1. The summed E-state index contributed by atoms with van der Waals surface area (Å²) < 4.78 is 0. The molecule has 26 heavy (non-hydrogen) atoms. The molecule has 0 heterocycles. The summed E-state index contributed by atoms with van der Waals surface area (Å²) in [7, 11) is 0. The number of aliphatic hydroxyl groups is 2. The first-order chi connectivity index (χ1) is 12.3. The molecule has 2 aliphatic carbocycles. The summed E-state index contributed by atoms with van der Waals surface area (Å²) in [6.07, 6.45) is 14.6. The van der Waals surface area contributed by atoms with Crippen molar-refractivity contribution in [3.05, 3.63) is 23.8 Å². The van der Waals surface area contributed by atoms with E-state index in [1.807, 2.05) is 6.92 Å². The van der Waals surface area contributed by atoms with Gasteiger partial charge in [-0.3, -0.25) is 4.79 Å². The quantitative estimate of drug-likeness (QED) is 0.373. The molecular weight excluding hydrogens is 328 g/mol. The molecule has 0 aromatic rings. The van der Waals surface area contributed by atoms with E-state index in [4.69, 9.17) is 5.11 Å². The third-order valence-electron chi connectivity index (χ3n) is 6.07. The lowest BCUT2D eigenvalue weighted by atomic mass is 9.87. The van der Waals surface area contributed by atoms with E-state index in [1.54, 1.807) is 0 Å². The van der Waals surface area contributed by atoms with Crippen LogP contribution in [0.4, 0.5) is 0 Å². The minimum absolute atomic E-state index is 0.176. The zero-order chi connectivity index (χ0) is 19.2. The van der Waals surface area contributed by atoms with E-state index in [-0.39, 0.29) is 18.4 Å². The van der Waals surface area contributed by atoms with Crippen LogP contribution in [0.25, 0.3) is 0 Å². The number of carboxylic acid groups (broad SMARTS) is 1. The molecule has 4 heteroatoms. The Bertz CT molecular complexity index is 520. The summed E-state index contributed by atoms with van der Waals surface area (Å²) in [5.74, 6) is 0.381. The Morgan fingerprint density at radius 3 is 2.81 bits per heavy atom. The third kappa shape index (κ3) is 6.24. The number of fused-ring (bicyclic) bond motifs is 1. The van der Waals surface area contributed by atoms with Gasteiger partial charge < -0.3 is 15.3 Å². The molecule has 148 valence electrons. The number of rotatable bonds is 11. The van der Waals surface area contributed by atoms with Gasteiger partial charge >= 0.3 is 5.97 Å². The van der Waals surface area contributed by atoms with Gasteiger partial charge in [-0.1, -0.05) is 43.6 Å². The van der Waals surface area contributed by atoms with E-state index in [0.29, 0.717) is 18.3 Å². The molecule has 0 aliphatic heterocycles. The predicted octanol–water partition coefficient (Wildman–Crippen LogP) is 4.46. The van der Waals surface area contributed by atoms with Crippen LogP contribution in [0.1, 0.15) is 78.1 Å². The zero-order valence-corrected chi connectivity index (χ0v) is 16.4. The first kappa shape index (κ1) is 21.2. The van der Waals surface area contributed by atoms with Crippen molar-refractivity contribution in [3.8, 4) is 0 Å². The van der Waals surface area contributed by atoms with Crippen molar-refractivity contribution in [3.63, 3.8) is 0 Å². The van der Waals surface area contributed by atoms with Crippen LogP contribution in [0.15, 0.2) is 23.8 Å². The van der Waals surface area contributed by atoms with Gasteiger partial charge in [0.2, 0.25) is 0 Å². The van der Waals surface area contributed by atoms with Gasteiger partial charge in [0, 0.05) is 12.3 Å². The molecule has 0 spiro atoms. The predicted molar refractivity (Wildman–Crippen MR) is 104 cm³/mol. The minimum Gasteiger partial charge on any atom is -0.481 e. The molecule has 5 atom stereocenters. The number of carbonyl (C=O) groups is 1. The van der Waals surface area contributed by atoms with Crippen LogP contribution in [0.3, 0.4) is 0 Å². The fourth-order valence-corrected chi connectivity index (χ4v) is 4.56. The van der Waals surface area contributed by atoms with Crippen LogP contribution in [0.2, 0.25) is 0 Å². The molecule has 2 rings (SSSR count). The largest absolute Gasteiger partial charge is 0.481 e. The Balaban J connectivity index is 1.81. The Kier molecular flexibility index (Phi) is 7.90. The minimum atomic E-state index is -0.717. The molecule has 3 N–H and O–H groups in total. The van der Waals surface area contributed by atoms with Gasteiger partial charge in [-0.15, -0.1) is 0 Å². The number of aliphatic hydroxyl groups excluding tert-OH is 1. The first-order valence-corrected chi connectivity index (χ1v) is 10.3. The lowest BCUT2D eigenvalue weighted by molar-refractivity contribution is -0.137. The van der Waals surface area contributed by atoms with Crippen LogP contribution in [-0.4, -0.2) is 33.0 Å².